The van der Waals surface area contributed by atoms with Gasteiger partial charge in [0.05, 0.1) is 6.26 Å². The minimum atomic E-state index is -0.591. The van der Waals surface area contributed by atoms with Crippen LogP contribution in [0.15, 0.2) is 65.0 Å². The van der Waals surface area contributed by atoms with Crippen LogP contribution in [-0.2, 0) is 20.8 Å². The number of hydrogen-bond acceptors (Lipinski definition) is 8. The van der Waals surface area contributed by atoms with Crippen LogP contribution >= 0.6 is 0 Å². The smallest absolute Gasteiger partial charge is 0.288 e. The molecule has 1 amide bonds. The van der Waals surface area contributed by atoms with Gasteiger partial charge in [0, 0.05) is 68.7 Å². The summed E-state index contributed by atoms with van der Waals surface area (Å²) in [4.78, 5) is 18.0. The molecule has 0 saturated carbocycles. The minimum absolute atomic E-state index is 0.0665. The first kappa shape index (κ1) is 26.7. The highest BCUT2D eigenvalue weighted by atomic mass is 16.7. The van der Waals surface area contributed by atoms with Gasteiger partial charge in [-0.1, -0.05) is 24.3 Å². The molecule has 3 aliphatic rings. The van der Waals surface area contributed by atoms with Crippen molar-refractivity contribution in [3.63, 3.8) is 0 Å². The van der Waals surface area contributed by atoms with Gasteiger partial charge in [0.1, 0.15) is 5.58 Å². The van der Waals surface area contributed by atoms with Crippen LogP contribution in [0.3, 0.4) is 0 Å². The van der Waals surface area contributed by atoms with Crippen LogP contribution < -0.4 is 9.47 Å². The fraction of sp³-hybridized carbons (Fsp3) is 0.452. The topological polar surface area (TPSA) is 93.8 Å². The molecular formula is C31H36N2O7. The van der Waals surface area contributed by atoms with Crippen molar-refractivity contribution in [2.24, 2.45) is 5.92 Å². The fourth-order valence-corrected chi connectivity index (χ4v) is 5.93. The Labute approximate surface area is 233 Å². The van der Waals surface area contributed by atoms with E-state index in [-0.39, 0.29) is 31.1 Å². The van der Waals surface area contributed by atoms with Gasteiger partial charge >= 0.3 is 0 Å². The van der Waals surface area contributed by atoms with Crippen LogP contribution in [0.2, 0.25) is 0 Å². The first-order valence-electron chi connectivity index (χ1n) is 14.1. The number of nitrogens with zero attached hydrogens (tertiary/aromatic N) is 2. The van der Waals surface area contributed by atoms with Crippen LogP contribution in [0.4, 0.5) is 0 Å². The molecule has 40 heavy (non-hydrogen) atoms. The number of aliphatic hydroxyl groups excluding tert-OH is 1. The molecule has 6 rings (SSSR count). The predicted molar refractivity (Wildman–Crippen MR) is 148 cm³/mol. The van der Waals surface area contributed by atoms with E-state index in [0.29, 0.717) is 38.3 Å². The number of furan rings is 1. The highest BCUT2D eigenvalue weighted by molar-refractivity contribution is 5.92. The number of ether oxygens (including phenoxy) is 4. The fourth-order valence-electron chi connectivity index (χ4n) is 5.93. The highest BCUT2D eigenvalue weighted by Gasteiger charge is 2.40. The first-order chi connectivity index (χ1) is 19.6. The summed E-state index contributed by atoms with van der Waals surface area (Å²) in [7, 11) is 0. The van der Waals surface area contributed by atoms with Gasteiger partial charge < -0.3 is 33.4 Å². The zero-order valence-corrected chi connectivity index (χ0v) is 22.8. The van der Waals surface area contributed by atoms with Crippen LogP contribution in [0.5, 0.6) is 11.5 Å². The van der Waals surface area contributed by atoms with Crippen molar-refractivity contribution < 1.29 is 33.3 Å². The summed E-state index contributed by atoms with van der Waals surface area (Å²) in [6.07, 6.45) is 4.44. The number of benzene rings is 2. The molecule has 3 aromatic rings. The third-order valence-corrected chi connectivity index (χ3v) is 7.99. The van der Waals surface area contributed by atoms with Crippen molar-refractivity contribution in [3.8, 4) is 11.5 Å². The molecule has 0 aliphatic carbocycles. The monoisotopic (exact) mass is 548 g/mol. The van der Waals surface area contributed by atoms with Crippen molar-refractivity contribution in [1.29, 1.82) is 0 Å². The van der Waals surface area contributed by atoms with Gasteiger partial charge in [0.15, 0.2) is 17.3 Å². The van der Waals surface area contributed by atoms with Gasteiger partial charge in [-0.15, -0.1) is 0 Å². The van der Waals surface area contributed by atoms with Crippen molar-refractivity contribution in [2.45, 2.75) is 38.5 Å². The summed E-state index contributed by atoms with van der Waals surface area (Å²) in [6, 6.07) is 14.0. The Morgan fingerprint density at radius 2 is 1.90 bits per heavy atom. The summed E-state index contributed by atoms with van der Waals surface area (Å²) < 4.78 is 29.1. The van der Waals surface area contributed by atoms with E-state index in [1.54, 1.807) is 6.26 Å². The molecule has 0 radical (unpaired) electrons. The molecule has 2 aromatic carbocycles. The Hall–Kier alpha value is -3.53. The molecule has 9 nitrogen and oxygen atoms in total. The molecule has 1 saturated heterocycles. The number of para-hydroxylation sites is 1. The lowest BCUT2D eigenvalue weighted by Crippen LogP contribution is -2.49. The van der Waals surface area contributed by atoms with Gasteiger partial charge in [-0.3, -0.25) is 9.69 Å². The van der Waals surface area contributed by atoms with E-state index in [1.165, 1.54) is 0 Å². The molecule has 212 valence electrons. The second-order valence-corrected chi connectivity index (χ2v) is 10.5. The average Bonchev–Trinajstić information content (AvgIpc) is 3.63. The van der Waals surface area contributed by atoms with Gasteiger partial charge in [-0.2, -0.15) is 0 Å². The maximum Gasteiger partial charge on any atom is 0.288 e. The molecule has 0 bridgehead atoms. The second-order valence-electron chi connectivity index (χ2n) is 10.5. The lowest BCUT2D eigenvalue weighted by Gasteiger charge is -2.39. The number of allylic oxidation sites excluding steroid dienone is 1. The Balaban J connectivity index is 1.19. The standard InChI is InChI=1S/C31H36N2O7/c1-2-36-31-23(7-5-15-34)24(25-19-37-26-8-4-3-6-22(25)26)17-29(40-31)30(35)33-13-11-32(12-14-33)18-21-9-10-27-28(16-21)39-20-38-27/h3-4,6,8-10,16-17,19,23-24,31,34H,2,5,7,11-15,18,20H2,1H3/t23-,24-,31+/m1/s1. The predicted octanol–water partition coefficient (Wildman–Crippen LogP) is 4.25. The van der Waals surface area contributed by atoms with Gasteiger partial charge in [0.2, 0.25) is 13.1 Å². The Morgan fingerprint density at radius 1 is 1.07 bits per heavy atom. The third-order valence-electron chi connectivity index (χ3n) is 7.99. The number of fused-ring (bicyclic) bond motifs is 2. The van der Waals surface area contributed by atoms with E-state index < -0.39 is 6.29 Å². The SMILES string of the molecule is CCO[C@H]1OC(C(=O)N2CCN(Cc3ccc4c(c3)OCO4)CC2)=C[C@@H](c2coc3ccccc23)[C@H]1CCCO. The number of amides is 1. The van der Waals surface area contributed by atoms with Crippen molar-refractivity contribution >= 4 is 16.9 Å². The zero-order chi connectivity index (χ0) is 27.5. The summed E-state index contributed by atoms with van der Waals surface area (Å²) in [5.74, 6) is 1.55. The number of hydrogen-bond donors (Lipinski definition) is 1. The van der Waals surface area contributed by atoms with E-state index in [0.717, 1.165) is 53.2 Å². The first-order valence-corrected chi connectivity index (χ1v) is 14.1. The zero-order valence-electron chi connectivity index (χ0n) is 22.8. The number of piperazine rings is 1. The Bertz CT molecular complexity index is 1360. The lowest BCUT2D eigenvalue weighted by molar-refractivity contribution is -0.171. The number of aliphatic hydroxyl groups is 1. The van der Waals surface area contributed by atoms with Crippen LogP contribution in [0.1, 0.15) is 36.8 Å². The molecule has 9 heteroatoms. The van der Waals surface area contributed by atoms with E-state index in [2.05, 4.69) is 11.0 Å². The summed E-state index contributed by atoms with van der Waals surface area (Å²) >= 11 is 0. The third kappa shape index (κ3) is 5.41. The van der Waals surface area contributed by atoms with E-state index in [1.807, 2.05) is 54.3 Å². The highest BCUT2D eigenvalue weighted by Crippen LogP contribution is 2.42. The van der Waals surface area contributed by atoms with Crippen LogP contribution in [0.25, 0.3) is 11.0 Å². The number of carbonyl (C=O) groups is 1. The summed E-state index contributed by atoms with van der Waals surface area (Å²) in [5.41, 5.74) is 2.97. The molecule has 1 fully saturated rings. The Kier molecular flexibility index (Phi) is 7.95. The molecule has 1 N–H and O–H groups in total. The molecular weight excluding hydrogens is 512 g/mol. The molecule has 0 spiro atoms. The van der Waals surface area contributed by atoms with Crippen LogP contribution in [-0.4, -0.2) is 73.3 Å². The van der Waals surface area contributed by atoms with Crippen molar-refractivity contribution in [2.75, 3.05) is 46.2 Å². The minimum Gasteiger partial charge on any atom is -0.464 e. The summed E-state index contributed by atoms with van der Waals surface area (Å²) in [5, 5.41) is 10.6. The average molecular weight is 549 g/mol. The van der Waals surface area contributed by atoms with Crippen molar-refractivity contribution in [3.05, 3.63) is 71.7 Å². The largest absolute Gasteiger partial charge is 0.464 e. The quantitative estimate of drug-likeness (QED) is 0.424. The van der Waals surface area contributed by atoms with Gasteiger partial charge in [-0.25, -0.2) is 0 Å². The normalized spacial score (nSPS) is 22.8. The van der Waals surface area contributed by atoms with E-state index in [9.17, 15) is 9.90 Å². The van der Waals surface area contributed by atoms with Gasteiger partial charge in [-0.05, 0) is 49.6 Å². The maximum atomic E-state index is 13.8. The van der Waals surface area contributed by atoms with Crippen LogP contribution in [0, 0.1) is 5.92 Å². The molecule has 0 unspecified atom stereocenters. The Morgan fingerprint density at radius 3 is 2.73 bits per heavy atom. The maximum absolute atomic E-state index is 13.8. The van der Waals surface area contributed by atoms with E-state index >= 15 is 0 Å². The van der Waals surface area contributed by atoms with Gasteiger partial charge in [0.25, 0.3) is 5.91 Å². The number of carbonyl (C=O) groups excluding carboxylic acids is 1. The van der Waals surface area contributed by atoms with E-state index in [4.69, 9.17) is 23.4 Å². The molecule has 4 heterocycles. The van der Waals surface area contributed by atoms with Crippen molar-refractivity contribution in [1.82, 2.24) is 9.80 Å². The molecule has 3 atom stereocenters. The number of rotatable bonds is 9. The lowest BCUT2D eigenvalue weighted by atomic mass is 9.80. The second kappa shape index (κ2) is 11.9. The molecule has 3 aliphatic heterocycles. The summed E-state index contributed by atoms with van der Waals surface area (Å²) in [6.45, 7) is 6.25. The molecule has 1 aromatic heterocycles.